The number of aromatic nitrogens is 5. The number of hydrogen-bond donors (Lipinski definition) is 0. The highest BCUT2D eigenvalue weighted by Gasteiger charge is 2.17. The molecule has 0 saturated carbocycles. The van der Waals surface area contributed by atoms with E-state index in [1.807, 2.05) is 28.8 Å². The molecule has 0 aliphatic carbocycles. The second kappa shape index (κ2) is 7.85. The highest BCUT2D eigenvalue weighted by Crippen LogP contribution is 2.30. The molecule has 7 nitrogen and oxygen atoms in total. The van der Waals surface area contributed by atoms with Gasteiger partial charge in [0.1, 0.15) is 5.75 Å². The van der Waals surface area contributed by atoms with E-state index < -0.39 is 0 Å². The Balaban J connectivity index is 1.72. The molecule has 4 aromatic rings. The molecule has 8 heteroatoms. The van der Waals surface area contributed by atoms with Crippen LogP contribution in [-0.2, 0) is 5.75 Å². The molecule has 0 aliphatic rings. The quantitative estimate of drug-likeness (QED) is 0.453. The third-order valence-electron chi connectivity index (χ3n) is 4.17. The molecule has 0 fully saturated rings. The van der Waals surface area contributed by atoms with Crippen molar-refractivity contribution in [2.24, 2.45) is 0 Å². The van der Waals surface area contributed by atoms with Gasteiger partial charge in [0, 0.05) is 18.2 Å². The van der Waals surface area contributed by atoms with Crippen molar-refractivity contribution in [1.82, 2.24) is 25.0 Å². The number of ether oxygens (including phenoxy) is 1. The molecule has 0 amide bonds. The smallest absolute Gasteiger partial charge is 0.226 e. The summed E-state index contributed by atoms with van der Waals surface area (Å²) in [5, 5.41) is 17.5. The largest absolute Gasteiger partial charge is 0.497 e. The summed E-state index contributed by atoms with van der Waals surface area (Å²) < 4.78 is 12.8. The molecule has 0 N–H and O–H groups in total. The van der Waals surface area contributed by atoms with E-state index in [0.717, 1.165) is 28.0 Å². The van der Waals surface area contributed by atoms with Crippen LogP contribution in [0, 0.1) is 13.8 Å². The van der Waals surface area contributed by atoms with Gasteiger partial charge in [0.05, 0.1) is 12.9 Å². The van der Waals surface area contributed by atoms with Gasteiger partial charge in [-0.15, -0.1) is 20.4 Å². The van der Waals surface area contributed by atoms with Gasteiger partial charge < -0.3 is 9.15 Å². The molecule has 0 aliphatic heterocycles. The van der Waals surface area contributed by atoms with E-state index in [4.69, 9.17) is 9.15 Å². The maximum Gasteiger partial charge on any atom is 0.226 e. The number of thioether (sulfide) groups is 1. The number of nitrogens with zero attached hydrogens (tertiary/aromatic N) is 5. The molecule has 142 valence electrons. The van der Waals surface area contributed by atoms with Crippen LogP contribution < -0.4 is 4.74 Å². The highest BCUT2D eigenvalue weighted by atomic mass is 32.2. The predicted molar refractivity (Wildman–Crippen MR) is 107 cm³/mol. The Morgan fingerprint density at radius 1 is 0.929 bits per heavy atom. The highest BCUT2D eigenvalue weighted by molar-refractivity contribution is 7.98. The second-order valence-electron chi connectivity index (χ2n) is 6.21. The fourth-order valence-electron chi connectivity index (χ4n) is 2.74. The Morgan fingerprint density at radius 3 is 2.32 bits per heavy atom. The average Bonchev–Trinajstić information content (AvgIpc) is 3.33. The topological polar surface area (TPSA) is 78.9 Å². The van der Waals surface area contributed by atoms with E-state index in [0.29, 0.717) is 17.5 Å². The Hall–Kier alpha value is -3.13. The van der Waals surface area contributed by atoms with Crippen LogP contribution in [0.25, 0.3) is 17.1 Å². The van der Waals surface area contributed by atoms with Crippen LogP contribution in [-0.4, -0.2) is 32.1 Å². The molecule has 0 spiro atoms. The molecule has 4 rings (SSSR count). The number of rotatable bonds is 6. The third-order valence-corrected chi connectivity index (χ3v) is 5.08. The van der Waals surface area contributed by atoms with Crippen molar-refractivity contribution in [3.05, 3.63) is 65.9 Å². The molecular weight excluding hydrogens is 374 g/mol. The average molecular weight is 393 g/mol. The molecule has 0 saturated heterocycles. The van der Waals surface area contributed by atoms with E-state index in [2.05, 4.69) is 51.6 Å². The summed E-state index contributed by atoms with van der Waals surface area (Å²) in [6.45, 7) is 3.84. The first-order chi connectivity index (χ1) is 13.6. The van der Waals surface area contributed by atoms with Crippen molar-refractivity contribution >= 4 is 11.8 Å². The Bertz CT molecular complexity index is 1070. The van der Waals surface area contributed by atoms with Crippen LogP contribution >= 0.6 is 11.8 Å². The zero-order valence-corrected chi connectivity index (χ0v) is 16.6. The Kier molecular flexibility index (Phi) is 5.12. The van der Waals surface area contributed by atoms with E-state index in [-0.39, 0.29) is 0 Å². The fourth-order valence-corrected chi connectivity index (χ4v) is 3.53. The molecule has 2 aromatic heterocycles. The monoisotopic (exact) mass is 393 g/mol. The summed E-state index contributed by atoms with van der Waals surface area (Å²) in [6.07, 6.45) is 0. The van der Waals surface area contributed by atoms with Gasteiger partial charge in [0.2, 0.25) is 11.8 Å². The maximum absolute atomic E-state index is 5.47. The van der Waals surface area contributed by atoms with Crippen LogP contribution in [0.4, 0.5) is 0 Å². The van der Waals surface area contributed by atoms with Gasteiger partial charge in [-0.3, -0.25) is 4.57 Å². The first-order valence-corrected chi connectivity index (χ1v) is 9.71. The summed E-state index contributed by atoms with van der Waals surface area (Å²) in [4.78, 5) is 0. The van der Waals surface area contributed by atoms with Crippen molar-refractivity contribution in [3.63, 3.8) is 0 Å². The lowest BCUT2D eigenvalue weighted by atomic mass is 10.2. The first-order valence-electron chi connectivity index (χ1n) is 8.72. The lowest BCUT2D eigenvalue weighted by Crippen LogP contribution is -2.00. The van der Waals surface area contributed by atoms with Gasteiger partial charge in [-0.25, -0.2) is 0 Å². The number of methoxy groups -OCH3 is 1. The minimum atomic E-state index is 0.521. The lowest BCUT2D eigenvalue weighted by Gasteiger charge is -2.10. The standard InChI is InChI=1S/C20H19N5O2S/c1-13-4-8-16(9-5-13)25-19(15-6-10-17(26-3)11-7-15)23-24-20(25)28-12-18-22-21-14(2)27-18/h4-11H,12H2,1-3H3. The third kappa shape index (κ3) is 3.77. The molecule has 0 radical (unpaired) electrons. The van der Waals surface area contributed by atoms with Crippen LogP contribution in [0.2, 0.25) is 0 Å². The zero-order chi connectivity index (χ0) is 19.5. The lowest BCUT2D eigenvalue weighted by molar-refractivity contribution is 0.415. The summed E-state index contributed by atoms with van der Waals surface area (Å²) >= 11 is 1.50. The van der Waals surface area contributed by atoms with E-state index in [1.165, 1.54) is 17.3 Å². The van der Waals surface area contributed by atoms with Crippen molar-refractivity contribution < 1.29 is 9.15 Å². The maximum atomic E-state index is 5.47. The van der Waals surface area contributed by atoms with E-state index >= 15 is 0 Å². The van der Waals surface area contributed by atoms with Crippen LogP contribution in [0.1, 0.15) is 17.3 Å². The molecule has 28 heavy (non-hydrogen) atoms. The molecular formula is C20H19N5O2S. The molecule has 0 unspecified atom stereocenters. The molecule has 0 bridgehead atoms. The number of hydrogen-bond acceptors (Lipinski definition) is 7. The Morgan fingerprint density at radius 2 is 1.68 bits per heavy atom. The molecule has 2 aromatic carbocycles. The minimum absolute atomic E-state index is 0.521. The van der Waals surface area contributed by atoms with Gasteiger partial charge in [-0.1, -0.05) is 29.5 Å². The summed E-state index contributed by atoms with van der Waals surface area (Å²) in [5.41, 5.74) is 3.14. The number of aryl methyl sites for hydroxylation is 2. The SMILES string of the molecule is COc1ccc(-c2nnc(SCc3nnc(C)o3)n2-c2ccc(C)cc2)cc1. The van der Waals surface area contributed by atoms with Crippen molar-refractivity contribution in [2.45, 2.75) is 24.8 Å². The minimum Gasteiger partial charge on any atom is -0.497 e. The fraction of sp³-hybridized carbons (Fsp3) is 0.200. The van der Waals surface area contributed by atoms with Gasteiger partial charge in [0.25, 0.3) is 0 Å². The summed E-state index contributed by atoms with van der Waals surface area (Å²) in [5.74, 6) is 3.19. The first kappa shape index (κ1) is 18.2. The van der Waals surface area contributed by atoms with Crippen LogP contribution in [0.5, 0.6) is 5.75 Å². The van der Waals surface area contributed by atoms with E-state index in [1.54, 1.807) is 14.0 Å². The second-order valence-corrected chi connectivity index (χ2v) is 7.15. The van der Waals surface area contributed by atoms with Gasteiger partial charge in [0.15, 0.2) is 11.0 Å². The van der Waals surface area contributed by atoms with Crippen molar-refractivity contribution in [3.8, 4) is 22.8 Å². The number of benzene rings is 2. The van der Waals surface area contributed by atoms with Gasteiger partial charge in [-0.05, 0) is 43.3 Å². The normalized spacial score (nSPS) is 11.0. The Labute approximate surface area is 166 Å². The van der Waals surface area contributed by atoms with Crippen molar-refractivity contribution in [2.75, 3.05) is 7.11 Å². The predicted octanol–water partition coefficient (Wildman–Crippen LogP) is 4.24. The summed E-state index contributed by atoms with van der Waals surface area (Å²) in [6, 6.07) is 16.0. The van der Waals surface area contributed by atoms with E-state index in [9.17, 15) is 0 Å². The van der Waals surface area contributed by atoms with Crippen LogP contribution in [0.3, 0.4) is 0 Å². The summed E-state index contributed by atoms with van der Waals surface area (Å²) in [7, 11) is 1.65. The zero-order valence-electron chi connectivity index (χ0n) is 15.8. The molecule has 0 atom stereocenters. The van der Waals surface area contributed by atoms with Gasteiger partial charge in [-0.2, -0.15) is 0 Å². The molecule has 2 heterocycles. The van der Waals surface area contributed by atoms with Gasteiger partial charge >= 0.3 is 0 Å². The van der Waals surface area contributed by atoms with Crippen molar-refractivity contribution in [1.29, 1.82) is 0 Å². The van der Waals surface area contributed by atoms with Crippen LogP contribution in [0.15, 0.2) is 58.1 Å².